The molecule has 0 amide bonds. The SMILES string of the molecule is Brc1nc(-c2ccc(I)cc2)cs1. The molecule has 1 nitrogen and oxygen atoms in total. The lowest BCUT2D eigenvalue weighted by atomic mass is 10.2. The van der Waals surface area contributed by atoms with Gasteiger partial charge in [-0.05, 0) is 50.7 Å². The van der Waals surface area contributed by atoms with Gasteiger partial charge in [-0.15, -0.1) is 11.3 Å². The van der Waals surface area contributed by atoms with E-state index in [1.54, 1.807) is 11.3 Å². The normalized spacial score (nSPS) is 10.3. The van der Waals surface area contributed by atoms with Crippen molar-refractivity contribution in [3.05, 3.63) is 37.1 Å². The Morgan fingerprint density at radius 2 is 1.92 bits per heavy atom. The number of thiazole rings is 1. The van der Waals surface area contributed by atoms with Crippen molar-refractivity contribution in [2.45, 2.75) is 0 Å². The van der Waals surface area contributed by atoms with E-state index in [9.17, 15) is 0 Å². The molecule has 0 aliphatic rings. The lowest BCUT2D eigenvalue weighted by Gasteiger charge is -1.95. The van der Waals surface area contributed by atoms with E-state index in [0.29, 0.717) is 0 Å². The van der Waals surface area contributed by atoms with E-state index < -0.39 is 0 Å². The molecule has 0 N–H and O–H groups in total. The summed E-state index contributed by atoms with van der Waals surface area (Å²) in [6, 6.07) is 8.35. The highest BCUT2D eigenvalue weighted by Gasteiger charge is 2.01. The quantitative estimate of drug-likeness (QED) is 0.691. The van der Waals surface area contributed by atoms with Gasteiger partial charge in [-0.2, -0.15) is 0 Å². The molecule has 0 aliphatic carbocycles. The van der Waals surface area contributed by atoms with Crippen molar-refractivity contribution in [2.24, 2.45) is 0 Å². The van der Waals surface area contributed by atoms with Crippen LogP contribution in [0.4, 0.5) is 0 Å². The number of hydrogen-bond donors (Lipinski definition) is 0. The van der Waals surface area contributed by atoms with Gasteiger partial charge in [-0.25, -0.2) is 4.98 Å². The first-order valence-electron chi connectivity index (χ1n) is 3.63. The Morgan fingerprint density at radius 1 is 1.23 bits per heavy atom. The van der Waals surface area contributed by atoms with Crippen LogP contribution in [0.5, 0.6) is 0 Å². The molecule has 2 aromatic rings. The molecular weight excluding hydrogens is 361 g/mol. The molecule has 0 saturated heterocycles. The molecule has 1 aromatic heterocycles. The Balaban J connectivity index is 2.41. The zero-order valence-corrected chi connectivity index (χ0v) is 11.1. The van der Waals surface area contributed by atoms with E-state index >= 15 is 0 Å². The number of rotatable bonds is 1. The molecule has 0 fully saturated rings. The summed E-state index contributed by atoms with van der Waals surface area (Å²) in [4.78, 5) is 4.34. The summed E-state index contributed by atoms with van der Waals surface area (Å²) >= 11 is 7.25. The molecule has 1 heterocycles. The third kappa shape index (κ3) is 2.30. The van der Waals surface area contributed by atoms with Crippen molar-refractivity contribution in [3.63, 3.8) is 0 Å². The Bertz CT molecular complexity index is 410. The molecule has 0 spiro atoms. The number of hydrogen-bond acceptors (Lipinski definition) is 2. The molecule has 0 saturated carbocycles. The van der Waals surface area contributed by atoms with Gasteiger partial charge in [0, 0.05) is 14.5 Å². The summed E-state index contributed by atoms with van der Waals surface area (Å²) in [5.74, 6) is 0. The van der Waals surface area contributed by atoms with Crippen molar-refractivity contribution >= 4 is 49.9 Å². The van der Waals surface area contributed by atoms with Gasteiger partial charge in [-0.1, -0.05) is 12.1 Å². The largest absolute Gasteiger partial charge is 0.229 e. The molecule has 0 aliphatic heterocycles. The van der Waals surface area contributed by atoms with E-state index in [-0.39, 0.29) is 0 Å². The van der Waals surface area contributed by atoms with Crippen LogP contribution in [0.15, 0.2) is 33.6 Å². The number of aromatic nitrogens is 1. The lowest BCUT2D eigenvalue weighted by Crippen LogP contribution is -1.77. The smallest absolute Gasteiger partial charge is 0.159 e. The van der Waals surface area contributed by atoms with E-state index in [4.69, 9.17) is 0 Å². The Kier molecular flexibility index (Phi) is 3.00. The average molecular weight is 366 g/mol. The molecule has 0 unspecified atom stereocenters. The van der Waals surface area contributed by atoms with E-state index in [1.807, 2.05) is 5.38 Å². The van der Waals surface area contributed by atoms with E-state index in [2.05, 4.69) is 67.8 Å². The molecule has 0 atom stereocenters. The number of nitrogens with zero attached hydrogens (tertiary/aromatic N) is 1. The molecule has 13 heavy (non-hydrogen) atoms. The monoisotopic (exact) mass is 365 g/mol. The molecule has 66 valence electrons. The van der Waals surface area contributed by atoms with Crippen LogP contribution in [0, 0.1) is 3.57 Å². The van der Waals surface area contributed by atoms with Crippen LogP contribution in [-0.2, 0) is 0 Å². The zero-order valence-electron chi connectivity index (χ0n) is 6.50. The Labute approximate surface area is 102 Å². The predicted octanol–water partition coefficient (Wildman–Crippen LogP) is 4.18. The molecule has 0 radical (unpaired) electrons. The number of halogens is 2. The zero-order chi connectivity index (χ0) is 9.26. The fraction of sp³-hybridized carbons (Fsp3) is 0. The minimum Gasteiger partial charge on any atom is -0.229 e. The molecule has 2 rings (SSSR count). The summed E-state index contributed by atoms with van der Waals surface area (Å²) < 4.78 is 2.18. The summed E-state index contributed by atoms with van der Waals surface area (Å²) in [5, 5.41) is 2.05. The Morgan fingerprint density at radius 3 is 2.46 bits per heavy atom. The predicted molar refractivity (Wildman–Crippen MR) is 68.0 cm³/mol. The van der Waals surface area contributed by atoms with Gasteiger partial charge < -0.3 is 0 Å². The standard InChI is InChI=1S/C9H5BrINS/c10-9-12-8(5-13-9)6-1-3-7(11)4-2-6/h1-5H. The van der Waals surface area contributed by atoms with Crippen LogP contribution >= 0.6 is 49.9 Å². The minimum atomic E-state index is 0.932. The van der Waals surface area contributed by atoms with Gasteiger partial charge >= 0.3 is 0 Å². The maximum atomic E-state index is 4.34. The van der Waals surface area contributed by atoms with Gasteiger partial charge in [-0.3, -0.25) is 0 Å². The van der Waals surface area contributed by atoms with Crippen LogP contribution < -0.4 is 0 Å². The molecule has 4 heteroatoms. The second-order valence-corrected chi connectivity index (χ2v) is 5.87. The second kappa shape index (κ2) is 4.06. The van der Waals surface area contributed by atoms with Gasteiger partial charge in [0.25, 0.3) is 0 Å². The van der Waals surface area contributed by atoms with E-state index in [1.165, 1.54) is 9.13 Å². The first kappa shape index (κ1) is 9.61. The fourth-order valence-corrected chi connectivity index (χ4v) is 2.38. The number of benzene rings is 1. The van der Waals surface area contributed by atoms with Crippen LogP contribution in [0.2, 0.25) is 0 Å². The first-order chi connectivity index (χ1) is 6.25. The van der Waals surface area contributed by atoms with Crippen LogP contribution in [0.25, 0.3) is 11.3 Å². The topological polar surface area (TPSA) is 12.9 Å². The third-order valence-electron chi connectivity index (χ3n) is 1.62. The molecular formula is C9H5BrINS. The van der Waals surface area contributed by atoms with E-state index in [0.717, 1.165) is 9.61 Å². The first-order valence-corrected chi connectivity index (χ1v) is 6.38. The minimum absolute atomic E-state index is 0.932. The van der Waals surface area contributed by atoms with Crippen LogP contribution in [0.3, 0.4) is 0 Å². The maximum Gasteiger partial charge on any atom is 0.159 e. The second-order valence-electron chi connectivity index (χ2n) is 2.49. The molecule has 1 aromatic carbocycles. The summed E-state index contributed by atoms with van der Waals surface area (Å²) in [6.07, 6.45) is 0. The summed E-state index contributed by atoms with van der Waals surface area (Å²) in [5.41, 5.74) is 2.20. The van der Waals surface area contributed by atoms with Crippen molar-refractivity contribution < 1.29 is 0 Å². The van der Waals surface area contributed by atoms with Crippen LogP contribution in [-0.4, -0.2) is 4.98 Å². The van der Waals surface area contributed by atoms with Crippen molar-refractivity contribution in [1.82, 2.24) is 4.98 Å². The van der Waals surface area contributed by atoms with Gasteiger partial charge in [0.2, 0.25) is 0 Å². The van der Waals surface area contributed by atoms with Crippen molar-refractivity contribution in [2.75, 3.05) is 0 Å². The summed E-state index contributed by atoms with van der Waals surface area (Å²) in [6.45, 7) is 0. The maximum absolute atomic E-state index is 4.34. The summed E-state index contributed by atoms with van der Waals surface area (Å²) in [7, 11) is 0. The fourth-order valence-electron chi connectivity index (χ4n) is 1.01. The highest BCUT2D eigenvalue weighted by molar-refractivity contribution is 14.1. The highest BCUT2D eigenvalue weighted by atomic mass is 127. The van der Waals surface area contributed by atoms with Gasteiger partial charge in [0.15, 0.2) is 3.92 Å². The van der Waals surface area contributed by atoms with Crippen molar-refractivity contribution in [1.29, 1.82) is 0 Å². The highest BCUT2D eigenvalue weighted by Crippen LogP contribution is 2.25. The molecule has 0 bridgehead atoms. The van der Waals surface area contributed by atoms with Gasteiger partial charge in [0.05, 0.1) is 5.69 Å². The Hall–Kier alpha value is 0.0600. The average Bonchev–Trinajstić information content (AvgIpc) is 2.53. The third-order valence-corrected chi connectivity index (χ3v) is 3.70. The van der Waals surface area contributed by atoms with Crippen molar-refractivity contribution in [3.8, 4) is 11.3 Å². The van der Waals surface area contributed by atoms with Crippen LogP contribution in [0.1, 0.15) is 0 Å². The van der Waals surface area contributed by atoms with Gasteiger partial charge in [0.1, 0.15) is 0 Å². The lowest BCUT2D eigenvalue weighted by molar-refractivity contribution is 1.37.